The molecule has 0 aliphatic carbocycles. The molecule has 2 aromatic heterocycles. The highest BCUT2D eigenvalue weighted by Crippen LogP contribution is 2.28. The molecule has 1 aromatic carbocycles. The largest absolute Gasteiger partial charge is 0.475 e. The van der Waals surface area contributed by atoms with Crippen LogP contribution in [0.4, 0.5) is 0 Å². The lowest BCUT2D eigenvalue weighted by Crippen LogP contribution is -2.12. The van der Waals surface area contributed by atoms with E-state index in [1.807, 2.05) is 37.3 Å². The lowest BCUT2D eigenvalue weighted by atomic mass is 10.0. The standard InChI is InChI=1S/C16H12N2O3/c1-9-2-4-10(5-3-9)11-6-7-17-14-12(8-18-13(11)14)15(19)16(20)21/h2-8,18H,1H3,(H,20,21). The molecule has 0 aliphatic heterocycles. The summed E-state index contributed by atoms with van der Waals surface area (Å²) in [6, 6.07) is 9.77. The van der Waals surface area contributed by atoms with Crippen molar-refractivity contribution in [3.63, 3.8) is 0 Å². The van der Waals surface area contributed by atoms with Gasteiger partial charge in [0.1, 0.15) is 0 Å². The number of aryl methyl sites for hydroxylation is 1. The fourth-order valence-corrected chi connectivity index (χ4v) is 2.29. The molecule has 3 aromatic rings. The first kappa shape index (κ1) is 13.1. The summed E-state index contributed by atoms with van der Waals surface area (Å²) in [5.74, 6) is -2.45. The number of carbonyl (C=O) groups excluding carboxylic acids is 1. The Kier molecular flexibility index (Phi) is 3.02. The minimum Gasteiger partial charge on any atom is -0.475 e. The lowest BCUT2D eigenvalue weighted by Gasteiger charge is -2.04. The molecule has 3 rings (SSSR count). The second-order valence-electron chi connectivity index (χ2n) is 4.78. The fourth-order valence-electron chi connectivity index (χ4n) is 2.29. The van der Waals surface area contributed by atoms with Gasteiger partial charge < -0.3 is 10.1 Å². The Bertz CT molecular complexity index is 848. The van der Waals surface area contributed by atoms with Crippen molar-refractivity contribution >= 4 is 22.8 Å². The van der Waals surface area contributed by atoms with E-state index in [4.69, 9.17) is 5.11 Å². The second-order valence-corrected chi connectivity index (χ2v) is 4.78. The van der Waals surface area contributed by atoms with Crippen LogP contribution in [-0.4, -0.2) is 26.8 Å². The van der Waals surface area contributed by atoms with Crippen molar-refractivity contribution in [2.24, 2.45) is 0 Å². The number of carbonyl (C=O) groups is 2. The molecule has 104 valence electrons. The third kappa shape index (κ3) is 2.18. The van der Waals surface area contributed by atoms with Gasteiger partial charge in [-0.3, -0.25) is 9.78 Å². The first-order chi connectivity index (χ1) is 10.1. The molecule has 0 aliphatic rings. The van der Waals surface area contributed by atoms with E-state index in [9.17, 15) is 9.59 Å². The molecule has 0 fully saturated rings. The topological polar surface area (TPSA) is 83.1 Å². The smallest absolute Gasteiger partial charge is 0.377 e. The summed E-state index contributed by atoms with van der Waals surface area (Å²) < 4.78 is 0. The average Bonchev–Trinajstić information content (AvgIpc) is 2.91. The van der Waals surface area contributed by atoms with Gasteiger partial charge in [-0.15, -0.1) is 0 Å². The molecule has 2 heterocycles. The zero-order valence-corrected chi connectivity index (χ0v) is 11.3. The number of aromatic amines is 1. The Morgan fingerprint density at radius 1 is 1.14 bits per heavy atom. The van der Waals surface area contributed by atoms with Gasteiger partial charge >= 0.3 is 5.97 Å². The van der Waals surface area contributed by atoms with Crippen molar-refractivity contribution in [3.8, 4) is 11.1 Å². The van der Waals surface area contributed by atoms with Crippen molar-refractivity contribution in [1.82, 2.24) is 9.97 Å². The van der Waals surface area contributed by atoms with Crippen molar-refractivity contribution in [3.05, 3.63) is 53.9 Å². The quantitative estimate of drug-likeness (QED) is 0.571. The molecule has 0 amide bonds. The minimum absolute atomic E-state index is 0.0754. The first-order valence-electron chi connectivity index (χ1n) is 6.38. The van der Waals surface area contributed by atoms with Crippen LogP contribution in [0.2, 0.25) is 0 Å². The highest BCUT2D eigenvalue weighted by atomic mass is 16.4. The monoisotopic (exact) mass is 280 g/mol. The number of ketones is 1. The van der Waals surface area contributed by atoms with Crippen LogP contribution in [0.1, 0.15) is 15.9 Å². The van der Waals surface area contributed by atoms with Crippen molar-refractivity contribution in [2.45, 2.75) is 6.92 Å². The Hall–Kier alpha value is -2.95. The van der Waals surface area contributed by atoms with Gasteiger partial charge in [0.15, 0.2) is 0 Å². The van der Waals surface area contributed by atoms with Crippen molar-refractivity contribution in [1.29, 1.82) is 0 Å². The summed E-state index contributed by atoms with van der Waals surface area (Å²) in [6.07, 6.45) is 2.97. The van der Waals surface area contributed by atoms with Gasteiger partial charge in [0.05, 0.1) is 16.6 Å². The zero-order valence-electron chi connectivity index (χ0n) is 11.3. The van der Waals surface area contributed by atoms with Crippen LogP contribution in [0.25, 0.3) is 22.2 Å². The maximum absolute atomic E-state index is 11.7. The minimum atomic E-state index is -1.49. The lowest BCUT2D eigenvalue weighted by molar-refractivity contribution is -0.131. The van der Waals surface area contributed by atoms with Gasteiger partial charge in [0.2, 0.25) is 0 Å². The van der Waals surface area contributed by atoms with Crippen molar-refractivity contribution in [2.75, 3.05) is 0 Å². The van der Waals surface area contributed by atoms with Crippen LogP contribution in [0.3, 0.4) is 0 Å². The van der Waals surface area contributed by atoms with E-state index in [0.29, 0.717) is 11.0 Å². The number of rotatable bonds is 3. The summed E-state index contributed by atoms with van der Waals surface area (Å²) in [6.45, 7) is 2.00. The van der Waals surface area contributed by atoms with Crippen LogP contribution in [0.15, 0.2) is 42.7 Å². The third-order valence-corrected chi connectivity index (χ3v) is 3.37. The average molecular weight is 280 g/mol. The molecular formula is C16H12N2O3. The van der Waals surface area contributed by atoms with E-state index >= 15 is 0 Å². The van der Waals surface area contributed by atoms with E-state index < -0.39 is 11.8 Å². The first-order valence-corrected chi connectivity index (χ1v) is 6.38. The number of hydrogen-bond acceptors (Lipinski definition) is 3. The third-order valence-electron chi connectivity index (χ3n) is 3.37. The molecule has 0 saturated carbocycles. The number of aromatic nitrogens is 2. The molecule has 5 heteroatoms. The van der Waals surface area contributed by atoms with Gasteiger partial charge in [-0.2, -0.15) is 0 Å². The van der Waals surface area contributed by atoms with Crippen LogP contribution in [-0.2, 0) is 4.79 Å². The fraction of sp³-hybridized carbons (Fsp3) is 0.0625. The van der Waals surface area contributed by atoms with Crippen LogP contribution < -0.4 is 0 Å². The van der Waals surface area contributed by atoms with Crippen LogP contribution >= 0.6 is 0 Å². The van der Waals surface area contributed by atoms with Gasteiger partial charge in [-0.25, -0.2) is 4.79 Å². The number of nitrogens with one attached hydrogen (secondary N) is 1. The van der Waals surface area contributed by atoms with E-state index in [2.05, 4.69) is 9.97 Å². The number of hydrogen-bond donors (Lipinski definition) is 2. The highest BCUT2D eigenvalue weighted by molar-refractivity contribution is 6.42. The zero-order chi connectivity index (χ0) is 15.0. The Labute approximate surface area is 120 Å². The summed E-state index contributed by atoms with van der Waals surface area (Å²) >= 11 is 0. The maximum Gasteiger partial charge on any atom is 0.377 e. The molecule has 0 bridgehead atoms. The number of H-pyrrole nitrogens is 1. The predicted octanol–water partition coefficient (Wildman–Crippen LogP) is 2.81. The number of aliphatic carboxylic acids is 1. The van der Waals surface area contributed by atoms with Crippen LogP contribution in [0.5, 0.6) is 0 Å². The van der Waals surface area contributed by atoms with E-state index in [-0.39, 0.29) is 5.56 Å². The Morgan fingerprint density at radius 3 is 2.52 bits per heavy atom. The van der Waals surface area contributed by atoms with Crippen molar-refractivity contribution < 1.29 is 14.7 Å². The number of pyridine rings is 1. The van der Waals surface area contributed by atoms with Crippen LogP contribution in [0, 0.1) is 6.92 Å². The van der Waals surface area contributed by atoms with Gasteiger partial charge in [-0.05, 0) is 18.6 Å². The normalized spacial score (nSPS) is 10.7. The van der Waals surface area contributed by atoms with E-state index in [0.717, 1.165) is 16.7 Å². The second kappa shape index (κ2) is 4.86. The number of nitrogens with zero attached hydrogens (tertiary/aromatic N) is 1. The predicted molar refractivity (Wildman–Crippen MR) is 78.2 cm³/mol. The van der Waals surface area contributed by atoms with Gasteiger partial charge in [0, 0.05) is 18.0 Å². The molecule has 21 heavy (non-hydrogen) atoms. The molecule has 0 saturated heterocycles. The number of fused-ring (bicyclic) bond motifs is 1. The number of benzene rings is 1. The SMILES string of the molecule is Cc1ccc(-c2ccnc3c(C(=O)C(=O)O)c[nH]c23)cc1. The van der Waals surface area contributed by atoms with Gasteiger partial charge in [0.25, 0.3) is 5.78 Å². The Morgan fingerprint density at radius 2 is 1.86 bits per heavy atom. The number of Topliss-reactive ketones (excluding diaryl/α,β-unsaturated/α-hetero) is 1. The molecule has 0 radical (unpaired) electrons. The molecule has 2 N–H and O–H groups in total. The Balaban J connectivity index is 2.20. The van der Waals surface area contributed by atoms with E-state index in [1.165, 1.54) is 6.20 Å². The molecule has 0 spiro atoms. The molecular weight excluding hydrogens is 268 g/mol. The van der Waals surface area contributed by atoms with E-state index in [1.54, 1.807) is 6.20 Å². The molecule has 5 nitrogen and oxygen atoms in total. The number of carboxylic acids is 1. The summed E-state index contributed by atoms with van der Waals surface area (Å²) in [7, 11) is 0. The molecule has 0 unspecified atom stereocenters. The molecule has 0 atom stereocenters. The highest BCUT2D eigenvalue weighted by Gasteiger charge is 2.20. The summed E-state index contributed by atoms with van der Waals surface area (Å²) in [4.78, 5) is 29.6. The number of carboxylic acid groups (broad SMARTS) is 1. The summed E-state index contributed by atoms with van der Waals surface area (Å²) in [5.41, 5.74) is 4.11. The summed E-state index contributed by atoms with van der Waals surface area (Å²) in [5, 5.41) is 8.84. The van der Waals surface area contributed by atoms with Gasteiger partial charge in [-0.1, -0.05) is 29.8 Å². The maximum atomic E-state index is 11.7.